The predicted molar refractivity (Wildman–Crippen MR) is 122 cm³/mol. The minimum Gasteiger partial charge on any atom is -0.383 e. The van der Waals surface area contributed by atoms with Gasteiger partial charge in [0.15, 0.2) is 5.16 Å². The van der Waals surface area contributed by atoms with E-state index in [-0.39, 0.29) is 17.2 Å². The zero-order valence-corrected chi connectivity index (χ0v) is 18.6. The number of aryl methyl sites for hydroxylation is 1. The molecular formula is C21H22N4O4S2. The van der Waals surface area contributed by atoms with E-state index in [1.165, 1.54) is 27.7 Å². The molecule has 10 heteroatoms. The summed E-state index contributed by atoms with van der Waals surface area (Å²) in [6.07, 6.45) is 2.71. The Labute approximate surface area is 186 Å². The van der Waals surface area contributed by atoms with Gasteiger partial charge >= 0.3 is 0 Å². The van der Waals surface area contributed by atoms with Crippen molar-refractivity contribution in [2.75, 3.05) is 24.8 Å². The van der Waals surface area contributed by atoms with Crippen molar-refractivity contribution >= 4 is 50.8 Å². The van der Waals surface area contributed by atoms with Gasteiger partial charge in [-0.25, -0.2) is 4.98 Å². The monoisotopic (exact) mass is 458 g/mol. The quantitative estimate of drug-likeness (QED) is 0.396. The lowest BCUT2D eigenvalue weighted by molar-refractivity contribution is -0.113. The minimum absolute atomic E-state index is 0.0402. The van der Waals surface area contributed by atoms with Crippen LogP contribution in [0.15, 0.2) is 34.2 Å². The van der Waals surface area contributed by atoms with E-state index in [9.17, 15) is 14.4 Å². The summed E-state index contributed by atoms with van der Waals surface area (Å²) in [5, 5.41) is 4.29. The number of nitrogens with one attached hydrogen (secondary N) is 1. The van der Waals surface area contributed by atoms with Crippen LogP contribution in [0, 0.1) is 0 Å². The van der Waals surface area contributed by atoms with Gasteiger partial charge < -0.3 is 15.8 Å². The number of hydrogen-bond acceptors (Lipinski definition) is 7. The van der Waals surface area contributed by atoms with Crippen molar-refractivity contribution in [2.45, 2.75) is 31.0 Å². The molecule has 3 N–H and O–H groups in total. The second-order valence-electron chi connectivity index (χ2n) is 7.12. The summed E-state index contributed by atoms with van der Waals surface area (Å²) in [5.74, 6) is -0.765. The Morgan fingerprint density at radius 2 is 2.13 bits per heavy atom. The average molecular weight is 459 g/mol. The van der Waals surface area contributed by atoms with Crippen molar-refractivity contribution in [3.05, 3.63) is 50.6 Å². The number of para-hydroxylation sites is 1. The number of primary amides is 1. The van der Waals surface area contributed by atoms with E-state index in [0.29, 0.717) is 39.8 Å². The maximum Gasteiger partial charge on any atom is 0.262 e. The third-order valence-corrected chi connectivity index (χ3v) is 7.28. The molecule has 0 aliphatic heterocycles. The van der Waals surface area contributed by atoms with E-state index in [1.54, 1.807) is 25.3 Å². The van der Waals surface area contributed by atoms with Gasteiger partial charge in [0.1, 0.15) is 5.00 Å². The topological polar surface area (TPSA) is 116 Å². The number of benzene rings is 1. The molecule has 8 nitrogen and oxygen atoms in total. The second-order valence-corrected chi connectivity index (χ2v) is 9.17. The summed E-state index contributed by atoms with van der Waals surface area (Å²) in [6, 6.07) is 7.11. The Morgan fingerprint density at radius 1 is 1.32 bits per heavy atom. The summed E-state index contributed by atoms with van der Waals surface area (Å²) in [4.78, 5) is 43.1. The van der Waals surface area contributed by atoms with Crippen molar-refractivity contribution in [1.29, 1.82) is 0 Å². The standard InChI is InChI=1S/C21H22N4O4S2/c1-29-10-9-25-20(28)12-5-2-3-7-14(12)23-21(25)30-11-16(26)24-19-17(18(22)27)13-6-4-8-15(13)31-19/h2-3,5,7H,4,6,8-11H2,1H3,(H2,22,27)(H,24,26). The van der Waals surface area contributed by atoms with Gasteiger partial charge in [-0.15, -0.1) is 11.3 Å². The fraction of sp³-hybridized carbons (Fsp3) is 0.333. The highest BCUT2D eigenvalue weighted by Gasteiger charge is 2.26. The van der Waals surface area contributed by atoms with Crippen LogP contribution in [0.25, 0.3) is 10.9 Å². The molecule has 31 heavy (non-hydrogen) atoms. The first kappa shape index (κ1) is 21.5. The number of nitrogens with two attached hydrogens (primary N) is 1. The van der Waals surface area contributed by atoms with Gasteiger partial charge in [-0.1, -0.05) is 23.9 Å². The first-order valence-corrected chi connectivity index (χ1v) is 11.6. The summed E-state index contributed by atoms with van der Waals surface area (Å²) in [5.41, 5.74) is 7.36. The molecule has 4 rings (SSSR count). The molecule has 3 aromatic rings. The molecule has 1 aliphatic rings. The maximum atomic E-state index is 12.9. The highest BCUT2D eigenvalue weighted by Crippen LogP contribution is 2.38. The van der Waals surface area contributed by atoms with Crippen LogP contribution < -0.4 is 16.6 Å². The van der Waals surface area contributed by atoms with Crippen LogP contribution in [0.1, 0.15) is 27.2 Å². The molecule has 0 atom stereocenters. The summed E-state index contributed by atoms with van der Waals surface area (Å²) >= 11 is 2.59. The molecule has 2 heterocycles. The normalized spacial score (nSPS) is 12.8. The number of aromatic nitrogens is 2. The Morgan fingerprint density at radius 3 is 2.90 bits per heavy atom. The van der Waals surface area contributed by atoms with Gasteiger partial charge in [0.05, 0.1) is 35.4 Å². The molecule has 162 valence electrons. The Kier molecular flexibility index (Phi) is 6.40. The molecule has 0 bridgehead atoms. The number of carbonyl (C=O) groups excluding carboxylic acids is 2. The predicted octanol–water partition coefficient (Wildman–Crippen LogP) is 2.42. The van der Waals surface area contributed by atoms with Crippen molar-refractivity contribution in [3.63, 3.8) is 0 Å². The van der Waals surface area contributed by atoms with Crippen molar-refractivity contribution in [3.8, 4) is 0 Å². The van der Waals surface area contributed by atoms with E-state index < -0.39 is 5.91 Å². The van der Waals surface area contributed by atoms with Crippen LogP contribution in [0.4, 0.5) is 5.00 Å². The number of carbonyl (C=O) groups is 2. The van der Waals surface area contributed by atoms with E-state index in [2.05, 4.69) is 10.3 Å². The highest BCUT2D eigenvalue weighted by atomic mass is 32.2. The van der Waals surface area contributed by atoms with E-state index in [4.69, 9.17) is 10.5 Å². The molecule has 0 saturated carbocycles. The molecule has 2 aromatic heterocycles. The summed E-state index contributed by atoms with van der Waals surface area (Å²) in [6.45, 7) is 0.684. The number of anilines is 1. The molecule has 0 radical (unpaired) electrons. The Hall–Kier alpha value is -2.69. The minimum atomic E-state index is -0.521. The SMILES string of the molecule is COCCn1c(SCC(=O)Nc2sc3c(c2C(N)=O)CCC3)nc2ccccc2c1=O. The van der Waals surface area contributed by atoms with Crippen LogP contribution in [0.3, 0.4) is 0 Å². The lowest BCUT2D eigenvalue weighted by Gasteiger charge is -2.12. The number of ether oxygens (including phenoxy) is 1. The number of fused-ring (bicyclic) bond motifs is 2. The number of thiophene rings is 1. The third-order valence-electron chi connectivity index (χ3n) is 5.10. The van der Waals surface area contributed by atoms with Crippen LogP contribution in [-0.4, -0.2) is 40.8 Å². The number of rotatable bonds is 8. The number of methoxy groups -OCH3 is 1. The largest absolute Gasteiger partial charge is 0.383 e. The lowest BCUT2D eigenvalue weighted by atomic mass is 10.1. The smallest absolute Gasteiger partial charge is 0.262 e. The fourth-order valence-electron chi connectivity index (χ4n) is 3.68. The van der Waals surface area contributed by atoms with E-state index in [0.717, 1.165) is 29.7 Å². The van der Waals surface area contributed by atoms with Gasteiger partial charge in [0, 0.05) is 12.0 Å². The lowest BCUT2D eigenvalue weighted by Crippen LogP contribution is -2.26. The summed E-state index contributed by atoms with van der Waals surface area (Å²) in [7, 11) is 1.56. The van der Waals surface area contributed by atoms with Gasteiger partial charge in [-0.2, -0.15) is 0 Å². The highest BCUT2D eigenvalue weighted by molar-refractivity contribution is 7.99. The van der Waals surface area contributed by atoms with Crippen molar-refractivity contribution in [1.82, 2.24) is 9.55 Å². The van der Waals surface area contributed by atoms with Crippen LogP contribution in [-0.2, 0) is 28.9 Å². The van der Waals surface area contributed by atoms with Gasteiger partial charge in [-0.3, -0.25) is 19.0 Å². The molecule has 0 unspecified atom stereocenters. The second kappa shape index (κ2) is 9.21. The van der Waals surface area contributed by atoms with E-state index in [1.807, 2.05) is 6.07 Å². The maximum absolute atomic E-state index is 12.9. The van der Waals surface area contributed by atoms with Gasteiger partial charge in [-0.05, 0) is 37.0 Å². The molecule has 1 aliphatic carbocycles. The number of amides is 2. The van der Waals surface area contributed by atoms with Crippen molar-refractivity contribution < 1.29 is 14.3 Å². The Bertz CT molecular complexity index is 1220. The first-order valence-electron chi connectivity index (χ1n) is 9.85. The van der Waals surface area contributed by atoms with Crippen LogP contribution in [0.2, 0.25) is 0 Å². The molecule has 2 amide bonds. The van der Waals surface area contributed by atoms with Gasteiger partial charge in [0.2, 0.25) is 5.91 Å². The molecule has 1 aromatic carbocycles. The average Bonchev–Trinajstić information content (AvgIpc) is 3.32. The zero-order chi connectivity index (χ0) is 22.0. The third kappa shape index (κ3) is 4.36. The Balaban J connectivity index is 1.55. The number of hydrogen-bond donors (Lipinski definition) is 2. The first-order chi connectivity index (χ1) is 15.0. The van der Waals surface area contributed by atoms with Crippen LogP contribution >= 0.6 is 23.1 Å². The zero-order valence-electron chi connectivity index (χ0n) is 17.0. The molecule has 0 fully saturated rings. The molecule has 0 spiro atoms. The van der Waals surface area contributed by atoms with Gasteiger partial charge in [0.25, 0.3) is 11.5 Å². The van der Waals surface area contributed by atoms with Crippen molar-refractivity contribution in [2.24, 2.45) is 5.73 Å². The number of nitrogens with zero attached hydrogens (tertiary/aromatic N) is 2. The molecule has 0 saturated heterocycles. The number of thioether (sulfide) groups is 1. The molecular weight excluding hydrogens is 436 g/mol. The summed E-state index contributed by atoms with van der Waals surface area (Å²) < 4.78 is 6.65. The van der Waals surface area contributed by atoms with E-state index >= 15 is 0 Å². The fourth-order valence-corrected chi connectivity index (χ4v) is 5.82. The van der Waals surface area contributed by atoms with Crippen LogP contribution in [0.5, 0.6) is 0 Å².